The number of aromatic nitrogens is 4. The van der Waals surface area contributed by atoms with Gasteiger partial charge in [-0.25, -0.2) is 4.98 Å². The lowest BCUT2D eigenvalue weighted by Gasteiger charge is -2.02. The van der Waals surface area contributed by atoms with Crippen LogP contribution in [0.3, 0.4) is 0 Å². The van der Waals surface area contributed by atoms with Gasteiger partial charge in [0, 0.05) is 5.56 Å². The fraction of sp³-hybridized carbons (Fsp3) is 0.0833. The molecule has 4 rings (SSSR count). The Balaban J connectivity index is 1.86. The minimum absolute atomic E-state index is 0.272. The van der Waals surface area contributed by atoms with E-state index in [1.54, 1.807) is 0 Å². The molecule has 0 saturated carbocycles. The summed E-state index contributed by atoms with van der Waals surface area (Å²) < 4.78 is 10.6. The smallest absolute Gasteiger partial charge is 0.231 e. The van der Waals surface area contributed by atoms with Crippen LogP contribution in [0.4, 0.5) is 0 Å². The number of ether oxygens (including phenoxy) is 2. The molecule has 3 heterocycles. The van der Waals surface area contributed by atoms with Gasteiger partial charge in [0.15, 0.2) is 11.5 Å². The summed E-state index contributed by atoms with van der Waals surface area (Å²) in [6.07, 6.45) is 0. The highest BCUT2D eigenvalue weighted by atomic mass is 16.7. The highest BCUT2D eigenvalue weighted by Gasteiger charge is 2.14. The van der Waals surface area contributed by atoms with Gasteiger partial charge >= 0.3 is 0 Å². The van der Waals surface area contributed by atoms with Gasteiger partial charge in [0.25, 0.3) is 0 Å². The van der Waals surface area contributed by atoms with Crippen LogP contribution in [0.25, 0.3) is 22.4 Å². The first-order valence-corrected chi connectivity index (χ1v) is 5.48. The number of pyridine rings is 1. The van der Waals surface area contributed by atoms with Gasteiger partial charge in [-0.2, -0.15) is 10.3 Å². The third-order valence-electron chi connectivity index (χ3n) is 2.85. The van der Waals surface area contributed by atoms with Gasteiger partial charge in [0.1, 0.15) is 5.52 Å². The third-order valence-corrected chi connectivity index (χ3v) is 2.85. The predicted molar refractivity (Wildman–Crippen MR) is 63.2 cm³/mol. The van der Waals surface area contributed by atoms with Crippen molar-refractivity contribution < 1.29 is 9.47 Å². The monoisotopic (exact) mass is 240 g/mol. The molecule has 6 heteroatoms. The molecule has 3 aromatic rings. The van der Waals surface area contributed by atoms with E-state index in [4.69, 9.17) is 9.47 Å². The maximum atomic E-state index is 5.35. The first-order valence-electron chi connectivity index (χ1n) is 5.48. The van der Waals surface area contributed by atoms with E-state index in [-0.39, 0.29) is 6.79 Å². The van der Waals surface area contributed by atoms with Crippen LogP contribution in [0.1, 0.15) is 0 Å². The molecule has 0 radical (unpaired) electrons. The lowest BCUT2D eigenvalue weighted by atomic mass is 10.1. The SMILES string of the molecule is c1cc2c(cc1-c1ccc3n[nH]nc3n1)OCO2. The summed E-state index contributed by atoms with van der Waals surface area (Å²) in [5.74, 6) is 1.51. The van der Waals surface area contributed by atoms with E-state index in [0.29, 0.717) is 5.65 Å². The minimum Gasteiger partial charge on any atom is -0.454 e. The van der Waals surface area contributed by atoms with E-state index in [1.165, 1.54) is 0 Å². The number of aromatic amines is 1. The number of H-pyrrole nitrogens is 1. The highest BCUT2D eigenvalue weighted by Crippen LogP contribution is 2.35. The standard InChI is InChI=1S/C12H8N4O2/c1-4-10-11(18-6-17-10)5-7(1)8-2-3-9-12(13-8)15-16-14-9/h1-5H,6H2,(H,13,14,15,16). The van der Waals surface area contributed by atoms with E-state index < -0.39 is 0 Å². The number of nitrogens with one attached hydrogen (secondary N) is 1. The fourth-order valence-electron chi connectivity index (χ4n) is 1.95. The Morgan fingerprint density at radius 3 is 2.94 bits per heavy atom. The summed E-state index contributed by atoms with van der Waals surface area (Å²) >= 11 is 0. The van der Waals surface area contributed by atoms with Crippen LogP contribution >= 0.6 is 0 Å². The fourth-order valence-corrected chi connectivity index (χ4v) is 1.95. The molecule has 6 nitrogen and oxygen atoms in total. The normalized spacial score (nSPS) is 13.1. The maximum absolute atomic E-state index is 5.35. The average Bonchev–Trinajstić information content (AvgIpc) is 3.05. The van der Waals surface area contributed by atoms with Gasteiger partial charge in [-0.05, 0) is 30.3 Å². The largest absolute Gasteiger partial charge is 0.454 e. The molecule has 0 amide bonds. The number of hydrogen-bond acceptors (Lipinski definition) is 5. The molecule has 1 aromatic carbocycles. The molecule has 0 saturated heterocycles. The molecule has 1 aliphatic heterocycles. The summed E-state index contributed by atoms with van der Waals surface area (Å²) in [6, 6.07) is 9.53. The second-order valence-corrected chi connectivity index (χ2v) is 3.93. The van der Waals surface area contributed by atoms with E-state index >= 15 is 0 Å². The Morgan fingerprint density at radius 2 is 1.94 bits per heavy atom. The van der Waals surface area contributed by atoms with E-state index in [0.717, 1.165) is 28.3 Å². The minimum atomic E-state index is 0.272. The molecule has 0 bridgehead atoms. The van der Waals surface area contributed by atoms with Crippen LogP contribution in [0.2, 0.25) is 0 Å². The molecule has 1 aliphatic rings. The Hall–Kier alpha value is -2.63. The van der Waals surface area contributed by atoms with Crippen molar-refractivity contribution >= 4 is 11.2 Å². The van der Waals surface area contributed by atoms with Crippen LogP contribution < -0.4 is 9.47 Å². The van der Waals surface area contributed by atoms with Gasteiger partial charge in [-0.1, -0.05) is 0 Å². The van der Waals surface area contributed by atoms with Gasteiger partial charge in [-0.3, -0.25) is 0 Å². The molecule has 0 spiro atoms. The van der Waals surface area contributed by atoms with Crippen LogP contribution in [-0.2, 0) is 0 Å². The summed E-state index contributed by atoms with van der Waals surface area (Å²) in [4.78, 5) is 4.43. The molecule has 0 aliphatic carbocycles. The van der Waals surface area contributed by atoms with E-state index in [1.807, 2.05) is 30.3 Å². The molecule has 88 valence electrons. The van der Waals surface area contributed by atoms with Gasteiger partial charge in [0.2, 0.25) is 12.4 Å². The van der Waals surface area contributed by atoms with Crippen LogP contribution in [0, 0.1) is 0 Å². The molecule has 0 fully saturated rings. The van der Waals surface area contributed by atoms with Crippen molar-refractivity contribution in [3.05, 3.63) is 30.3 Å². The van der Waals surface area contributed by atoms with Crippen molar-refractivity contribution in [2.75, 3.05) is 6.79 Å². The first-order chi connectivity index (χ1) is 8.90. The van der Waals surface area contributed by atoms with Crippen molar-refractivity contribution in [2.45, 2.75) is 0 Å². The first kappa shape index (κ1) is 9.41. The lowest BCUT2D eigenvalue weighted by molar-refractivity contribution is 0.174. The van der Waals surface area contributed by atoms with Crippen molar-refractivity contribution in [2.24, 2.45) is 0 Å². The molecule has 18 heavy (non-hydrogen) atoms. The maximum Gasteiger partial charge on any atom is 0.231 e. The van der Waals surface area contributed by atoms with E-state index in [2.05, 4.69) is 20.4 Å². The molecular weight excluding hydrogens is 232 g/mol. The Bertz CT molecular complexity index is 738. The molecule has 1 N–H and O–H groups in total. The van der Waals surface area contributed by atoms with Crippen LogP contribution in [0.15, 0.2) is 30.3 Å². The zero-order valence-corrected chi connectivity index (χ0v) is 9.25. The Kier molecular flexibility index (Phi) is 1.79. The summed E-state index contributed by atoms with van der Waals surface area (Å²) in [5, 5.41) is 10.5. The number of fused-ring (bicyclic) bond motifs is 2. The Morgan fingerprint density at radius 1 is 1.00 bits per heavy atom. The highest BCUT2D eigenvalue weighted by molar-refractivity contribution is 5.74. The zero-order chi connectivity index (χ0) is 11.9. The van der Waals surface area contributed by atoms with Gasteiger partial charge in [0.05, 0.1) is 5.69 Å². The number of hydrogen-bond donors (Lipinski definition) is 1. The zero-order valence-electron chi connectivity index (χ0n) is 9.25. The number of benzene rings is 1. The van der Waals surface area contributed by atoms with Crippen LogP contribution in [-0.4, -0.2) is 27.2 Å². The molecular formula is C12H8N4O2. The number of rotatable bonds is 1. The summed E-state index contributed by atoms with van der Waals surface area (Å²) in [5.41, 5.74) is 3.14. The molecule has 2 aromatic heterocycles. The number of nitrogens with zero attached hydrogens (tertiary/aromatic N) is 3. The third kappa shape index (κ3) is 1.32. The second kappa shape index (κ2) is 3.43. The van der Waals surface area contributed by atoms with Crippen LogP contribution in [0.5, 0.6) is 11.5 Å². The van der Waals surface area contributed by atoms with Crippen molar-refractivity contribution in [1.29, 1.82) is 0 Å². The van der Waals surface area contributed by atoms with Gasteiger partial charge < -0.3 is 9.47 Å². The second-order valence-electron chi connectivity index (χ2n) is 3.93. The molecule has 0 atom stereocenters. The quantitative estimate of drug-likeness (QED) is 0.701. The molecule has 0 unspecified atom stereocenters. The summed E-state index contributed by atoms with van der Waals surface area (Å²) in [7, 11) is 0. The van der Waals surface area contributed by atoms with Crippen molar-refractivity contribution in [3.63, 3.8) is 0 Å². The summed E-state index contributed by atoms with van der Waals surface area (Å²) in [6.45, 7) is 0.272. The van der Waals surface area contributed by atoms with E-state index in [9.17, 15) is 0 Å². The average molecular weight is 240 g/mol. The topological polar surface area (TPSA) is 72.9 Å². The van der Waals surface area contributed by atoms with Gasteiger partial charge in [-0.15, -0.1) is 5.10 Å². The Labute approximate surface area is 102 Å². The lowest BCUT2D eigenvalue weighted by Crippen LogP contribution is -1.92. The van der Waals surface area contributed by atoms with Crippen molar-refractivity contribution in [3.8, 4) is 22.8 Å². The van der Waals surface area contributed by atoms with Crippen molar-refractivity contribution in [1.82, 2.24) is 20.4 Å². The predicted octanol–water partition coefficient (Wildman–Crippen LogP) is 1.75.